The molecule has 35 heavy (non-hydrogen) atoms. The predicted molar refractivity (Wildman–Crippen MR) is 137 cm³/mol. The topological polar surface area (TPSA) is 49.6 Å². The summed E-state index contributed by atoms with van der Waals surface area (Å²) in [5.41, 5.74) is 3.93. The fourth-order valence-electron chi connectivity index (χ4n) is 5.38. The summed E-state index contributed by atoms with van der Waals surface area (Å²) in [5.74, 6) is 1.69. The lowest BCUT2D eigenvalue weighted by molar-refractivity contribution is 0.279. The number of imidazole rings is 1. The molecule has 3 aromatic heterocycles. The number of hydrogen-bond donors (Lipinski definition) is 0. The molecule has 6 nitrogen and oxygen atoms in total. The van der Waals surface area contributed by atoms with Crippen LogP contribution in [0.25, 0.3) is 17.0 Å². The van der Waals surface area contributed by atoms with Crippen molar-refractivity contribution in [2.24, 2.45) is 5.41 Å². The van der Waals surface area contributed by atoms with Gasteiger partial charge in [-0.3, -0.25) is 0 Å². The van der Waals surface area contributed by atoms with E-state index in [1.54, 1.807) is 12.1 Å². The van der Waals surface area contributed by atoms with Crippen molar-refractivity contribution in [2.45, 2.75) is 45.6 Å². The van der Waals surface area contributed by atoms with E-state index in [1.807, 2.05) is 35.0 Å². The zero-order valence-corrected chi connectivity index (χ0v) is 20.4. The molecule has 0 aliphatic carbocycles. The van der Waals surface area contributed by atoms with Gasteiger partial charge in [-0.2, -0.15) is 0 Å². The Bertz CT molecular complexity index is 1350. The van der Waals surface area contributed by atoms with Gasteiger partial charge in [0.2, 0.25) is 0 Å². The van der Waals surface area contributed by atoms with Crippen molar-refractivity contribution >= 4 is 17.3 Å². The van der Waals surface area contributed by atoms with E-state index < -0.39 is 0 Å². The summed E-state index contributed by atoms with van der Waals surface area (Å²) in [5, 5.41) is 4.99. The maximum absolute atomic E-state index is 13.9. The number of rotatable bonds is 4. The fourth-order valence-corrected chi connectivity index (χ4v) is 5.38. The van der Waals surface area contributed by atoms with Crippen LogP contribution in [0.5, 0.6) is 0 Å². The van der Waals surface area contributed by atoms with Crippen LogP contribution in [0.3, 0.4) is 0 Å². The Hall–Kier alpha value is -3.48. The molecule has 2 saturated heterocycles. The third-order valence-electron chi connectivity index (χ3n) is 7.57. The lowest BCUT2D eigenvalue weighted by Crippen LogP contribution is -2.37. The highest BCUT2D eigenvalue weighted by Crippen LogP contribution is 2.36. The highest BCUT2D eigenvalue weighted by Gasteiger charge is 2.28. The SMILES string of the molecule is CC1(C)CCN(c2cccc(-c3cnc4ccc(N5CCC[C@@H]5c5cccc(F)c5)nn34)n2)CC1. The molecule has 2 aliphatic heterocycles. The summed E-state index contributed by atoms with van der Waals surface area (Å²) in [6.45, 7) is 7.62. The average Bonchev–Trinajstić information content (AvgIpc) is 3.51. The first-order valence-electron chi connectivity index (χ1n) is 12.6. The van der Waals surface area contributed by atoms with Crippen LogP contribution in [0.4, 0.5) is 16.0 Å². The Kier molecular flexibility index (Phi) is 5.43. The maximum Gasteiger partial charge on any atom is 0.154 e. The lowest BCUT2D eigenvalue weighted by atomic mass is 9.83. The minimum absolute atomic E-state index is 0.118. The smallest absolute Gasteiger partial charge is 0.154 e. The normalized spacial score (nSPS) is 20.0. The number of halogens is 1. The fraction of sp³-hybridized carbons (Fsp3) is 0.393. The maximum atomic E-state index is 13.9. The van der Waals surface area contributed by atoms with Crippen molar-refractivity contribution in [2.75, 3.05) is 29.4 Å². The Morgan fingerprint density at radius 1 is 0.943 bits per heavy atom. The molecule has 0 spiro atoms. The van der Waals surface area contributed by atoms with Gasteiger partial charge < -0.3 is 9.80 Å². The van der Waals surface area contributed by atoms with Gasteiger partial charge in [0.25, 0.3) is 0 Å². The van der Waals surface area contributed by atoms with Crippen molar-refractivity contribution < 1.29 is 4.39 Å². The number of piperidine rings is 1. The molecule has 0 amide bonds. The van der Waals surface area contributed by atoms with Crippen LogP contribution in [-0.2, 0) is 0 Å². The lowest BCUT2D eigenvalue weighted by Gasteiger charge is -2.37. The number of aromatic nitrogens is 4. The van der Waals surface area contributed by atoms with Crippen LogP contribution in [0, 0.1) is 11.2 Å². The van der Waals surface area contributed by atoms with Crippen molar-refractivity contribution in [1.82, 2.24) is 19.6 Å². The molecule has 0 saturated carbocycles. The largest absolute Gasteiger partial charge is 0.357 e. The van der Waals surface area contributed by atoms with Gasteiger partial charge in [-0.05, 0) is 73.1 Å². The van der Waals surface area contributed by atoms with Gasteiger partial charge in [-0.25, -0.2) is 18.9 Å². The molecule has 5 heterocycles. The van der Waals surface area contributed by atoms with E-state index in [0.29, 0.717) is 5.41 Å². The van der Waals surface area contributed by atoms with Crippen molar-refractivity contribution in [3.05, 3.63) is 72.2 Å². The zero-order valence-electron chi connectivity index (χ0n) is 20.4. The molecule has 2 fully saturated rings. The van der Waals surface area contributed by atoms with Gasteiger partial charge >= 0.3 is 0 Å². The second-order valence-corrected chi connectivity index (χ2v) is 10.5. The van der Waals surface area contributed by atoms with E-state index in [2.05, 4.69) is 40.8 Å². The van der Waals surface area contributed by atoms with Crippen LogP contribution >= 0.6 is 0 Å². The van der Waals surface area contributed by atoms with Crippen LogP contribution in [0.1, 0.15) is 51.1 Å². The molecule has 0 bridgehead atoms. The van der Waals surface area contributed by atoms with Gasteiger partial charge in [0.05, 0.1) is 17.9 Å². The minimum atomic E-state index is -0.196. The van der Waals surface area contributed by atoms with Gasteiger partial charge in [0.15, 0.2) is 5.65 Å². The number of pyridine rings is 1. The summed E-state index contributed by atoms with van der Waals surface area (Å²) >= 11 is 0. The standard InChI is InChI=1S/C28H31FN6/c1-28(2)13-16-33(17-14-28)26-10-4-8-22(31-26)24-19-30-25-11-12-27(32-35(24)25)34-15-5-9-23(34)20-6-3-7-21(29)18-20/h3-4,6-8,10-12,18-19,23H,5,9,13-17H2,1-2H3/t23-/m1/s1. The molecule has 1 atom stereocenters. The summed E-state index contributed by atoms with van der Waals surface area (Å²) in [4.78, 5) is 14.3. The molecule has 6 rings (SSSR count). The molecule has 180 valence electrons. The van der Waals surface area contributed by atoms with Crippen molar-refractivity contribution in [3.8, 4) is 11.4 Å². The van der Waals surface area contributed by atoms with Gasteiger partial charge in [0.1, 0.15) is 23.1 Å². The van der Waals surface area contributed by atoms with Gasteiger partial charge in [-0.1, -0.05) is 32.0 Å². The van der Waals surface area contributed by atoms with Gasteiger partial charge in [0, 0.05) is 19.6 Å². The Balaban J connectivity index is 1.32. The minimum Gasteiger partial charge on any atom is -0.357 e. The Morgan fingerprint density at radius 2 is 1.77 bits per heavy atom. The van der Waals surface area contributed by atoms with Crippen LogP contribution < -0.4 is 9.80 Å². The molecule has 7 heteroatoms. The van der Waals surface area contributed by atoms with Crippen molar-refractivity contribution in [1.29, 1.82) is 0 Å². The Labute approximate surface area is 205 Å². The molecular weight excluding hydrogens is 439 g/mol. The zero-order chi connectivity index (χ0) is 24.0. The summed E-state index contributed by atoms with van der Waals surface area (Å²) in [7, 11) is 0. The van der Waals surface area contributed by atoms with E-state index in [0.717, 1.165) is 66.7 Å². The number of benzene rings is 1. The third-order valence-corrected chi connectivity index (χ3v) is 7.57. The van der Waals surface area contributed by atoms with Crippen molar-refractivity contribution in [3.63, 3.8) is 0 Å². The second-order valence-electron chi connectivity index (χ2n) is 10.5. The Morgan fingerprint density at radius 3 is 2.60 bits per heavy atom. The number of anilines is 2. The first-order valence-corrected chi connectivity index (χ1v) is 12.6. The first kappa shape index (κ1) is 22.0. The summed E-state index contributed by atoms with van der Waals surface area (Å²) in [6.07, 6.45) is 6.22. The van der Waals surface area contributed by atoms with E-state index in [-0.39, 0.29) is 11.9 Å². The highest BCUT2D eigenvalue weighted by molar-refractivity contribution is 5.62. The molecule has 0 unspecified atom stereocenters. The molecule has 0 N–H and O–H groups in total. The monoisotopic (exact) mass is 470 g/mol. The third kappa shape index (κ3) is 4.24. The summed E-state index contributed by atoms with van der Waals surface area (Å²) < 4.78 is 15.8. The molecule has 4 aromatic rings. The number of hydrogen-bond acceptors (Lipinski definition) is 5. The van der Waals surface area contributed by atoms with Gasteiger partial charge in [-0.15, -0.1) is 5.10 Å². The molecule has 1 aromatic carbocycles. The predicted octanol–water partition coefficient (Wildman–Crippen LogP) is 5.90. The molecular formula is C28H31FN6. The first-order chi connectivity index (χ1) is 17.0. The average molecular weight is 471 g/mol. The number of nitrogens with zero attached hydrogens (tertiary/aromatic N) is 6. The molecule has 2 aliphatic rings. The number of fused-ring (bicyclic) bond motifs is 1. The van der Waals surface area contributed by atoms with Crippen LogP contribution in [0.2, 0.25) is 0 Å². The van der Waals surface area contributed by atoms with E-state index in [1.165, 1.54) is 18.9 Å². The van der Waals surface area contributed by atoms with Crippen LogP contribution in [-0.4, -0.2) is 39.2 Å². The quantitative estimate of drug-likeness (QED) is 0.372. The van der Waals surface area contributed by atoms with E-state index >= 15 is 0 Å². The molecule has 0 radical (unpaired) electrons. The summed E-state index contributed by atoms with van der Waals surface area (Å²) in [6, 6.07) is 17.3. The van der Waals surface area contributed by atoms with E-state index in [9.17, 15) is 4.39 Å². The second kappa shape index (κ2) is 8.63. The highest BCUT2D eigenvalue weighted by atomic mass is 19.1. The van der Waals surface area contributed by atoms with E-state index in [4.69, 9.17) is 10.1 Å². The van der Waals surface area contributed by atoms with Crippen LogP contribution in [0.15, 0.2) is 60.8 Å².